The van der Waals surface area contributed by atoms with Crippen LogP contribution in [0.2, 0.25) is 0 Å². The Morgan fingerprint density at radius 3 is 2.50 bits per heavy atom. The number of halogens is 3. The number of hydrogen-bond acceptors (Lipinski definition) is 3. The Labute approximate surface area is 130 Å². The second-order valence-corrected chi connectivity index (χ2v) is 4.96. The summed E-state index contributed by atoms with van der Waals surface area (Å²) in [6.07, 6.45) is 1.11. The molecule has 114 valence electrons. The Kier molecular flexibility index (Phi) is 9.55. The highest BCUT2D eigenvalue weighted by molar-refractivity contribution is 6.20. The zero-order valence-electron chi connectivity index (χ0n) is 11.6. The number of carbonyl (C=O) groups is 1. The van der Waals surface area contributed by atoms with Crippen molar-refractivity contribution in [3.05, 3.63) is 35.6 Å². The number of hydrogen-bond donors (Lipinski definition) is 0. The number of ether oxygens (including phenoxy) is 1. The average molecular weight is 324 g/mol. The number of carbonyl (C=O) groups excluding carboxylic acids is 1. The first-order chi connectivity index (χ1) is 9.02. The molecular weight excluding hydrogens is 304 g/mol. The molecule has 0 aliphatic carbocycles. The molecule has 0 spiro atoms. The Bertz CT molecular complexity index is 401. The van der Waals surface area contributed by atoms with Crippen molar-refractivity contribution < 1.29 is 13.9 Å². The molecule has 0 bridgehead atoms. The van der Waals surface area contributed by atoms with Crippen molar-refractivity contribution in [3.8, 4) is 0 Å². The highest BCUT2D eigenvalue weighted by atomic mass is 35.5. The van der Waals surface area contributed by atoms with E-state index in [-0.39, 0.29) is 29.6 Å². The lowest BCUT2D eigenvalue weighted by atomic mass is 10.1. The third kappa shape index (κ3) is 7.08. The van der Waals surface area contributed by atoms with E-state index in [0.717, 1.165) is 18.5 Å². The summed E-state index contributed by atoms with van der Waals surface area (Å²) in [4.78, 5) is 13.0. The van der Waals surface area contributed by atoms with Crippen LogP contribution in [0.25, 0.3) is 0 Å². The normalized spacial score (nSPS) is 11.8. The molecule has 1 rings (SSSR count). The lowest BCUT2D eigenvalue weighted by Gasteiger charge is -2.18. The summed E-state index contributed by atoms with van der Waals surface area (Å²) < 4.78 is 17.4. The van der Waals surface area contributed by atoms with E-state index in [2.05, 4.69) is 4.74 Å². The maximum Gasteiger partial charge on any atom is 0.306 e. The van der Waals surface area contributed by atoms with Gasteiger partial charge in [0.15, 0.2) is 0 Å². The fourth-order valence-electron chi connectivity index (χ4n) is 1.67. The van der Waals surface area contributed by atoms with Gasteiger partial charge in [-0.15, -0.1) is 24.0 Å². The van der Waals surface area contributed by atoms with Crippen LogP contribution in [0.4, 0.5) is 4.39 Å². The van der Waals surface area contributed by atoms with Gasteiger partial charge in [0, 0.05) is 6.54 Å². The van der Waals surface area contributed by atoms with Gasteiger partial charge in [-0.2, -0.15) is 0 Å². The molecule has 6 heteroatoms. The Morgan fingerprint density at radius 1 is 1.35 bits per heavy atom. The molecule has 0 amide bonds. The lowest BCUT2D eigenvalue weighted by Crippen LogP contribution is -2.24. The molecule has 1 aromatic carbocycles. The largest absolute Gasteiger partial charge is 0.469 e. The summed E-state index contributed by atoms with van der Waals surface area (Å²) in [5.41, 5.74) is 0.907. The van der Waals surface area contributed by atoms with Crippen molar-refractivity contribution in [1.82, 2.24) is 4.90 Å². The molecular formula is C14H20Cl2FNO2. The van der Waals surface area contributed by atoms with Crippen molar-refractivity contribution in [2.75, 3.05) is 27.2 Å². The van der Waals surface area contributed by atoms with Crippen molar-refractivity contribution in [1.29, 1.82) is 0 Å². The second-order valence-electron chi connectivity index (χ2n) is 4.44. The van der Waals surface area contributed by atoms with Gasteiger partial charge in [-0.3, -0.25) is 4.79 Å². The standard InChI is InChI=1S/C14H19ClFNO2.ClH/c1-17(10-8-14(18)19-2)9-7-13(15)11-3-5-12(16)6-4-11;/h3-6,13H,7-10H2,1-2H3;1H. The van der Waals surface area contributed by atoms with E-state index in [1.165, 1.54) is 19.2 Å². The number of rotatable bonds is 7. The van der Waals surface area contributed by atoms with Crippen molar-refractivity contribution in [2.45, 2.75) is 18.2 Å². The maximum absolute atomic E-state index is 12.8. The third-order valence-corrected chi connectivity index (χ3v) is 3.39. The number of benzene rings is 1. The summed E-state index contributed by atoms with van der Waals surface area (Å²) in [5, 5.41) is -0.152. The lowest BCUT2D eigenvalue weighted by molar-refractivity contribution is -0.140. The molecule has 0 radical (unpaired) electrons. The first kappa shape index (κ1) is 19.2. The molecule has 0 aliphatic heterocycles. The van der Waals surface area contributed by atoms with Gasteiger partial charge in [0.1, 0.15) is 5.82 Å². The zero-order valence-corrected chi connectivity index (χ0v) is 13.2. The monoisotopic (exact) mass is 323 g/mol. The van der Waals surface area contributed by atoms with E-state index >= 15 is 0 Å². The van der Waals surface area contributed by atoms with Gasteiger partial charge in [-0.05, 0) is 37.7 Å². The summed E-state index contributed by atoms with van der Waals surface area (Å²) in [6.45, 7) is 1.40. The van der Waals surface area contributed by atoms with Gasteiger partial charge in [-0.1, -0.05) is 12.1 Å². The van der Waals surface area contributed by atoms with Crippen LogP contribution < -0.4 is 0 Å². The van der Waals surface area contributed by atoms with Gasteiger partial charge in [0.2, 0.25) is 0 Å². The smallest absolute Gasteiger partial charge is 0.306 e. The van der Waals surface area contributed by atoms with Gasteiger partial charge in [0.25, 0.3) is 0 Å². The first-order valence-electron chi connectivity index (χ1n) is 6.18. The van der Waals surface area contributed by atoms with E-state index < -0.39 is 0 Å². The number of alkyl halides is 1. The predicted octanol–water partition coefficient (Wildman–Crippen LogP) is 3.41. The highest BCUT2D eigenvalue weighted by Crippen LogP contribution is 2.24. The molecule has 0 aliphatic rings. The van der Waals surface area contributed by atoms with E-state index in [1.54, 1.807) is 12.1 Å². The van der Waals surface area contributed by atoms with Crippen LogP contribution in [0, 0.1) is 5.82 Å². The summed E-state index contributed by atoms with van der Waals surface area (Å²) in [6, 6.07) is 6.21. The van der Waals surface area contributed by atoms with Gasteiger partial charge in [0.05, 0.1) is 18.9 Å². The van der Waals surface area contributed by atoms with E-state index in [0.29, 0.717) is 13.0 Å². The fraction of sp³-hybridized carbons (Fsp3) is 0.500. The minimum Gasteiger partial charge on any atom is -0.469 e. The molecule has 1 atom stereocenters. The maximum atomic E-state index is 12.8. The molecule has 1 unspecified atom stereocenters. The Balaban J connectivity index is 0.00000361. The molecule has 0 saturated carbocycles. The summed E-state index contributed by atoms with van der Waals surface area (Å²) in [5.74, 6) is -0.476. The highest BCUT2D eigenvalue weighted by Gasteiger charge is 2.10. The third-order valence-electron chi connectivity index (χ3n) is 2.92. The van der Waals surface area contributed by atoms with Crippen molar-refractivity contribution in [3.63, 3.8) is 0 Å². The molecule has 0 N–H and O–H groups in total. The fourth-order valence-corrected chi connectivity index (χ4v) is 1.91. The van der Waals surface area contributed by atoms with Crippen LogP contribution in [-0.2, 0) is 9.53 Å². The van der Waals surface area contributed by atoms with E-state index in [9.17, 15) is 9.18 Å². The van der Waals surface area contributed by atoms with E-state index in [1.807, 2.05) is 11.9 Å². The molecule has 20 heavy (non-hydrogen) atoms. The molecule has 0 fully saturated rings. The topological polar surface area (TPSA) is 29.5 Å². The molecule has 0 saturated heterocycles. The second kappa shape index (κ2) is 9.97. The predicted molar refractivity (Wildman–Crippen MR) is 81.0 cm³/mol. The quantitative estimate of drug-likeness (QED) is 0.569. The zero-order chi connectivity index (χ0) is 14.3. The number of methoxy groups -OCH3 is 1. The Hall–Kier alpha value is -0.840. The van der Waals surface area contributed by atoms with Crippen molar-refractivity contribution >= 4 is 30.0 Å². The first-order valence-corrected chi connectivity index (χ1v) is 6.61. The molecule has 1 aromatic rings. The average Bonchev–Trinajstić information content (AvgIpc) is 2.42. The summed E-state index contributed by atoms with van der Waals surface area (Å²) >= 11 is 6.25. The van der Waals surface area contributed by atoms with Crippen LogP contribution in [0.1, 0.15) is 23.8 Å². The Morgan fingerprint density at radius 2 is 1.95 bits per heavy atom. The van der Waals surface area contributed by atoms with E-state index in [4.69, 9.17) is 11.6 Å². The number of esters is 1. The van der Waals surface area contributed by atoms with Crippen LogP contribution in [-0.4, -0.2) is 38.1 Å². The van der Waals surface area contributed by atoms with Gasteiger partial charge < -0.3 is 9.64 Å². The van der Waals surface area contributed by atoms with Crippen LogP contribution in [0.5, 0.6) is 0 Å². The van der Waals surface area contributed by atoms with Gasteiger partial charge in [-0.25, -0.2) is 4.39 Å². The summed E-state index contributed by atoms with van der Waals surface area (Å²) in [7, 11) is 3.31. The molecule has 3 nitrogen and oxygen atoms in total. The minimum atomic E-state index is -0.261. The van der Waals surface area contributed by atoms with Gasteiger partial charge >= 0.3 is 5.97 Å². The molecule has 0 aromatic heterocycles. The number of nitrogens with zero attached hydrogens (tertiary/aromatic N) is 1. The SMILES string of the molecule is COC(=O)CCN(C)CCC(Cl)c1ccc(F)cc1.Cl. The van der Waals surface area contributed by atoms with Crippen LogP contribution in [0.3, 0.4) is 0 Å². The minimum absolute atomic E-state index is 0. The van der Waals surface area contributed by atoms with Crippen molar-refractivity contribution in [2.24, 2.45) is 0 Å². The van der Waals surface area contributed by atoms with Crippen LogP contribution >= 0.6 is 24.0 Å². The molecule has 0 heterocycles. The van der Waals surface area contributed by atoms with Crippen LogP contribution in [0.15, 0.2) is 24.3 Å².